The van der Waals surface area contributed by atoms with E-state index in [0.29, 0.717) is 0 Å². The standard InChI is InChI=1S/C14H18O12/c15-5-13(21)25-7-9(17)3-11(19)23-1-2-24-12(20)4-10(18)8-26-14(22)6-16/h15-16H,1-8H2. The molecule has 0 spiro atoms. The Labute approximate surface area is 146 Å². The van der Waals surface area contributed by atoms with Crippen molar-refractivity contribution in [2.24, 2.45) is 0 Å². The van der Waals surface area contributed by atoms with E-state index in [0.717, 1.165) is 0 Å². The molecule has 0 aromatic rings. The van der Waals surface area contributed by atoms with Gasteiger partial charge in [-0.15, -0.1) is 0 Å². The summed E-state index contributed by atoms with van der Waals surface area (Å²) in [7, 11) is 0. The maximum absolute atomic E-state index is 11.3. The van der Waals surface area contributed by atoms with Gasteiger partial charge in [0.25, 0.3) is 0 Å². The minimum atomic E-state index is -1.01. The smallest absolute Gasteiger partial charge is 0.332 e. The van der Waals surface area contributed by atoms with Gasteiger partial charge in [0.1, 0.15) is 39.3 Å². The van der Waals surface area contributed by atoms with Gasteiger partial charge >= 0.3 is 23.9 Å². The second-order valence-corrected chi connectivity index (χ2v) is 4.51. The third kappa shape index (κ3) is 12.5. The number of aliphatic hydroxyl groups excluding tert-OH is 2. The molecule has 0 radical (unpaired) electrons. The molecule has 0 aliphatic carbocycles. The molecule has 0 atom stereocenters. The fraction of sp³-hybridized carbons (Fsp3) is 0.571. The molecule has 146 valence electrons. The molecule has 0 rings (SSSR count). The molecule has 0 unspecified atom stereocenters. The Kier molecular flexibility index (Phi) is 12.0. The molecule has 0 aliphatic heterocycles. The predicted molar refractivity (Wildman–Crippen MR) is 77.3 cm³/mol. The van der Waals surface area contributed by atoms with Gasteiger partial charge in [-0.1, -0.05) is 0 Å². The monoisotopic (exact) mass is 378 g/mol. The molecule has 0 saturated carbocycles. The van der Waals surface area contributed by atoms with E-state index in [1.807, 2.05) is 0 Å². The molecular formula is C14H18O12. The number of aliphatic hydroxyl groups is 2. The first-order chi connectivity index (χ1) is 12.3. The Bertz CT molecular complexity index is 490. The van der Waals surface area contributed by atoms with Crippen LogP contribution in [0.3, 0.4) is 0 Å². The highest BCUT2D eigenvalue weighted by Gasteiger charge is 2.15. The SMILES string of the molecule is O=C(COC(=O)CO)CC(=O)OCCOC(=O)CC(=O)COC(=O)CO. The molecule has 0 bridgehead atoms. The van der Waals surface area contributed by atoms with E-state index in [1.165, 1.54) is 0 Å². The van der Waals surface area contributed by atoms with Crippen LogP contribution in [-0.4, -0.2) is 85.3 Å². The summed E-state index contributed by atoms with van der Waals surface area (Å²) >= 11 is 0. The summed E-state index contributed by atoms with van der Waals surface area (Å²) < 4.78 is 17.8. The number of ether oxygens (including phenoxy) is 4. The van der Waals surface area contributed by atoms with Crippen molar-refractivity contribution in [1.82, 2.24) is 0 Å². The Morgan fingerprint density at radius 3 is 1.19 bits per heavy atom. The van der Waals surface area contributed by atoms with Gasteiger partial charge in [-0.05, 0) is 0 Å². The largest absolute Gasteiger partial charge is 0.462 e. The van der Waals surface area contributed by atoms with E-state index in [-0.39, 0.29) is 13.2 Å². The summed E-state index contributed by atoms with van der Waals surface area (Å²) in [5.41, 5.74) is 0. The molecule has 2 N–H and O–H groups in total. The molecule has 26 heavy (non-hydrogen) atoms. The summed E-state index contributed by atoms with van der Waals surface area (Å²) in [4.78, 5) is 66.2. The van der Waals surface area contributed by atoms with Crippen molar-refractivity contribution in [3.63, 3.8) is 0 Å². The fourth-order valence-electron chi connectivity index (χ4n) is 1.25. The van der Waals surface area contributed by atoms with Crippen molar-refractivity contribution in [1.29, 1.82) is 0 Å². The van der Waals surface area contributed by atoms with Crippen molar-refractivity contribution in [3.05, 3.63) is 0 Å². The van der Waals surface area contributed by atoms with Gasteiger partial charge in [0, 0.05) is 0 Å². The van der Waals surface area contributed by atoms with Gasteiger partial charge in [-0.2, -0.15) is 0 Å². The second kappa shape index (κ2) is 13.4. The van der Waals surface area contributed by atoms with Crippen LogP contribution in [0.15, 0.2) is 0 Å². The number of esters is 4. The Balaban J connectivity index is 3.80. The number of hydrogen-bond acceptors (Lipinski definition) is 12. The lowest BCUT2D eigenvalue weighted by atomic mass is 10.3. The molecule has 0 fully saturated rings. The van der Waals surface area contributed by atoms with Crippen LogP contribution in [0.25, 0.3) is 0 Å². The number of rotatable bonds is 13. The average molecular weight is 378 g/mol. The first-order valence-corrected chi connectivity index (χ1v) is 7.16. The quantitative estimate of drug-likeness (QED) is 0.144. The van der Waals surface area contributed by atoms with E-state index in [4.69, 9.17) is 10.2 Å². The van der Waals surface area contributed by atoms with Crippen LogP contribution in [0.5, 0.6) is 0 Å². The zero-order valence-electron chi connectivity index (χ0n) is 13.6. The van der Waals surface area contributed by atoms with E-state index in [2.05, 4.69) is 18.9 Å². The average Bonchev–Trinajstić information content (AvgIpc) is 2.61. The Hall–Kier alpha value is -2.86. The van der Waals surface area contributed by atoms with Crippen molar-refractivity contribution in [3.8, 4) is 0 Å². The number of carbonyl (C=O) groups is 6. The first-order valence-electron chi connectivity index (χ1n) is 7.16. The lowest BCUT2D eigenvalue weighted by molar-refractivity contribution is -0.157. The van der Waals surface area contributed by atoms with Crippen LogP contribution >= 0.6 is 0 Å². The van der Waals surface area contributed by atoms with Gasteiger partial charge in [0.05, 0.1) is 0 Å². The lowest BCUT2D eigenvalue weighted by Gasteiger charge is -2.06. The molecule has 0 aliphatic rings. The van der Waals surface area contributed by atoms with Gasteiger partial charge in [0.15, 0.2) is 24.8 Å². The van der Waals surface area contributed by atoms with Crippen LogP contribution in [0.2, 0.25) is 0 Å². The normalized spacial score (nSPS) is 9.77. The zero-order valence-corrected chi connectivity index (χ0v) is 13.6. The van der Waals surface area contributed by atoms with Gasteiger partial charge in [-0.3, -0.25) is 19.2 Å². The topological polar surface area (TPSA) is 180 Å². The number of Topliss-reactive ketones (excluding diaryl/α,β-unsaturated/α-hetero) is 2. The van der Waals surface area contributed by atoms with Crippen molar-refractivity contribution >= 4 is 35.4 Å². The van der Waals surface area contributed by atoms with Crippen LogP contribution < -0.4 is 0 Å². The molecular weight excluding hydrogens is 360 g/mol. The summed E-state index contributed by atoms with van der Waals surface area (Å²) in [5.74, 6) is -5.43. The highest BCUT2D eigenvalue weighted by Crippen LogP contribution is 1.94. The van der Waals surface area contributed by atoms with Gasteiger partial charge < -0.3 is 29.2 Å². The number of ketones is 2. The number of hydrogen-bond donors (Lipinski definition) is 2. The Morgan fingerprint density at radius 1 is 0.538 bits per heavy atom. The minimum absolute atomic E-state index is 0.373. The maximum Gasteiger partial charge on any atom is 0.332 e. The van der Waals surface area contributed by atoms with Crippen molar-refractivity contribution in [2.75, 3.05) is 39.6 Å². The van der Waals surface area contributed by atoms with Crippen LogP contribution in [0.4, 0.5) is 0 Å². The third-order valence-electron chi connectivity index (χ3n) is 2.34. The highest BCUT2D eigenvalue weighted by atomic mass is 16.6. The molecule has 12 heteroatoms. The maximum atomic E-state index is 11.3. The van der Waals surface area contributed by atoms with Crippen LogP contribution in [0, 0.1) is 0 Å². The summed E-state index contributed by atoms with van der Waals surface area (Å²) in [5, 5.41) is 16.7. The van der Waals surface area contributed by atoms with Crippen LogP contribution in [-0.2, 0) is 47.7 Å². The zero-order chi connectivity index (χ0) is 19.9. The third-order valence-corrected chi connectivity index (χ3v) is 2.34. The van der Waals surface area contributed by atoms with E-state index < -0.39 is 74.7 Å². The van der Waals surface area contributed by atoms with E-state index in [9.17, 15) is 28.8 Å². The van der Waals surface area contributed by atoms with Crippen LogP contribution in [0.1, 0.15) is 12.8 Å². The molecule has 12 nitrogen and oxygen atoms in total. The fourth-order valence-corrected chi connectivity index (χ4v) is 1.25. The molecule has 0 amide bonds. The molecule has 0 aromatic carbocycles. The number of carbonyl (C=O) groups excluding carboxylic acids is 6. The molecule has 0 heterocycles. The first kappa shape index (κ1) is 23.1. The van der Waals surface area contributed by atoms with Gasteiger partial charge in [0.2, 0.25) is 0 Å². The Morgan fingerprint density at radius 2 is 0.885 bits per heavy atom. The molecule has 0 aromatic heterocycles. The minimum Gasteiger partial charge on any atom is -0.462 e. The van der Waals surface area contributed by atoms with Gasteiger partial charge in [-0.25, -0.2) is 9.59 Å². The summed E-state index contributed by atoms with van der Waals surface area (Å²) in [6.07, 6.45) is -1.36. The summed E-state index contributed by atoms with van der Waals surface area (Å²) in [6, 6.07) is 0. The second-order valence-electron chi connectivity index (χ2n) is 4.51. The highest BCUT2D eigenvalue weighted by molar-refractivity contribution is 5.97. The van der Waals surface area contributed by atoms with E-state index >= 15 is 0 Å². The van der Waals surface area contributed by atoms with E-state index in [1.54, 1.807) is 0 Å². The predicted octanol–water partition coefficient (Wildman–Crippen LogP) is -2.94. The van der Waals surface area contributed by atoms with Crippen molar-refractivity contribution < 1.29 is 57.9 Å². The lowest BCUT2D eigenvalue weighted by Crippen LogP contribution is -2.22. The van der Waals surface area contributed by atoms with Crippen molar-refractivity contribution in [2.45, 2.75) is 12.8 Å². The summed E-state index contributed by atoms with van der Waals surface area (Å²) in [6.45, 7) is -3.91. The molecule has 0 saturated heterocycles.